The monoisotopic (exact) mass is 270 g/mol. The van der Waals surface area contributed by atoms with Crippen molar-refractivity contribution in [2.45, 2.75) is 38.2 Å². The molecule has 5 heteroatoms. The summed E-state index contributed by atoms with van der Waals surface area (Å²) in [6.07, 6.45) is 6.41. The van der Waals surface area contributed by atoms with Gasteiger partial charge in [0.15, 0.2) is 9.84 Å². The largest absolute Gasteiger partial charge is 0.458 e. The summed E-state index contributed by atoms with van der Waals surface area (Å²) in [6.45, 7) is 0. The van der Waals surface area contributed by atoms with Gasteiger partial charge in [0, 0.05) is 6.08 Å². The summed E-state index contributed by atoms with van der Waals surface area (Å²) in [5.41, 5.74) is 1.25. The number of rotatable bonds is 4. The van der Waals surface area contributed by atoms with Crippen molar-refractivity contribution in [3.8, 4) is 0 Å². The lowest BCUT2D eigenvalue weighted by Crippen LogP contribution is -2.18. The Morgan fingerprint density at radius 2 is 1.67 bits per heavy atom. The minimum Gasteiger partial charge on any atom is -0.458 e. The van der Waals surface area contributed by atoms with Gasteiger partial charge in [0.05, 0.1) is 11.5 Å². The van der Waals surface area contributed by atoms with Crippen molar-refractivity contribution in [1.29, 1.82) is 0 Å². The van der Waals surface area contributed by atoms with Crippen LogP contribution in [0.5, 0.6) is 0 Å². The van der Waals surface area contributed by atoms with Crippen molar-refractivity contribution in [3.63, 3.8) is 0 Å². The first-order valence-electron chi connectivity index (χ1n) is 6.66. The highest BCUT2D eigenvalue weighted by Gasteiger charge is 2.37. The summed E-state index contributed by atoms with van der Waals surface area (Å²) >= 11 is 0. The Bertz CT molecular complexity index is 469. The van der Waals surface area contributed by atoms with Gasteiger partial charge in [-0.05, 0) is 43.9 Å². The predicted octanol–water partition coefficient (Wildman–Crippen LogP) is 1.46. The molecule has 3 rings (SSSR count). The molecule has 0 N–H and O–H groups in total. The number of carbonyl (C=O) groups is 1. The third-order valence-electron chi connectivity index (χ3n) is 3.86. The lowest BCUT2D eigenvalue weighted by Gasteiger charge is -2.09. The first-order valence-corrected chi connectivity index (χ1v) is 8.48. The molecule has 0 aromatic carbocycles. The minimum atomic E-state index is -2.98. The van der Waals surface area contributed by atoms with Gasteiger partial charge in [-0.1, -0.05) is 5.57 Å². The lowest BCUT2D eigenvalue weighted by atomic mass is 10.1. The number of hydrogen-bond donors (Lipinski definition) is 0. The van der Waals surface area contributed by atoms with Crippen LogP contribution >= 0.6 is 0 Å². The molecule has 3 aliphatic rings. The summed E-state index contributed by atoms with van der Waals surface area (Å²) in [7, 11) is -2.98. The Morgan fingerprint density at radius 1 is 1.06 bits per heavy atom. The molecule has 4 nitrogen and oxygen atoms in total. The average Bonchev–Trinajstić information content (AvgIpc) is 3.15. The molecule has 100 valence electrons. The summed E-state index contributed by atoms with van der Waals surface area (Å²) < 4.78 is 27.8. The minimum absolute atomic E-state index is 0.00519. The van der Waals surface area contributed by atoms with Crippen molar-refractivity contribution >= 4 is 15.8 Å². The van der Waals surface area contributed by atoms with Crippen molar-refractivity contribution in [2.24, 2.45) is 11.8 Å². The molecule has 3 fully saturated rings. The van der Waals surface area contributed by atoms with Gasteiger partial charge in [-0.3, -0.25) is 0 Å². The van der Waals surface area contributed by atoms with Crippen molar-refractivity contribution in [1.82, 2.24) is 0 Å². The fourth-order valence-electron chi connectivity index (χ4n) is 2.59. The molecule has 2 aliphatic carbocycles. The summed E-state index contributed by atoms with van der Waals surface area (Å²) in [5, 5.41) is 0. The Kier molecular flexibility index (Phi) is 2.96. The molecule has 0 bridgehead atoms. The quantitative estimate of drug-likeness (QED) is 0.573. The van der Waals surface area contributed by atoms with Crippen LogP contribution in [-0.4, -0.2) is 32.0 Å². The van der Waals surface area contributed by atoms with E-state index in [-0.39, 0.29) is 17.5 Å². The molecule has 2 saturated carbocycles. The maximum atomic E-state index is 11.8. The fraction of sp³-hybridized carbons (Fsp3) is 0.769. The van der Waals surface area contributed by atoms with Gasteiger partial charge in [0.1, 0.15) is 6.10 Å². The smallest absolute Gasteiger partial charge is 0.331 e. The van der Waals surface area contributed by atoms with Crippen LogP contribution in [0.4, 0.5) is 0 Å². The number of sulfone groups is 1. The van der Waals surface area contributed by atoms with Gasteiger partial charge in [-0.25, -0.2) is 13.2 Å². The molecular weight excluding hydrogens is 252 g/mol. The van der Waals surface area contributed by atoms with E-state index >= 15 is 0 Å². The summed E-state index contributed by atoms with van der Waals surface area (Å²) in [4.78, 5) is 11.8. The molecule has 18 heavy (non-hydrogen) atoms. The van der Waals surface area contributed by atoms with Crippen LogP contribution in [0.1, 0.15) is 32.1 Å². The molecule has 0 radical (unpaired) electrons. The number of allylic oxidation sites excluding steroid dienone is 1. The van der Waals surface area contributed by atoms with E-state index in [2.05, 4.69) is 0 Å². The van der Waals surface area contributed by atoms with Gasteiger partial charge < -0.3 is 4.74 Å². The van der Waals surface area contributed by atoms with E-state index in [0.717, 1.165) is 0 Å². The van der Waals surface area contributed by atoms with Crippen LogP contribution in [0.25, 0.3) is 0 Å². The topological polar surface area (TPSA) is 60.4 Å². The highest BCUT2D eigenvalue weighted by Crippen LogP contribution is 2.48. The average molecular weight is 270 g/mol. The number of ether oxygens (including phenoxy) is 1. The molecule has 1 atom stereocenters. The Labute approximate surface area is 107 Å². The zero-order valence-corrected chi connectivity index (χ0v) is 11.1. The van der Waals surface area contributed by atoms with Gasteiger partial charge in [-0.2, -0.15) is 0 Å². The van der Waals surface area contributed by atoms with Crippen LogP contribution < -0.4 is 0 Å². The molecule has 0 aromatic rings. The van der Waals surface area contributed by atoms with Gasteiger partial charge in [0.25, 0.3) is 0 Å². The van der Waals surface area contributed by atoms with E-state index in [1.165, 1.54) is 31.3 Å². The molecular formula is C13H18O4S. The van der Waals surface area contributed by atoms with E-state index in [1.807, 2.05) is 0 Å². The predicted molar refractivity (Wildman–Crippen MR) is 66.7 cm³/mol. The Balaban J connectivity index is 1.59. The first-order chi connectivity index (χ1) is 8.53. The second-order valence-corrected chi connectivity index (χ2v) is 7.88. The van der Waals surface area contributed by atoms with Crippen molar-refractivity contribution in [2.75, 3.05) is 11.5 Å². The number of esters is 1. The van der Waals surface area contributed by atoms with Gasteiger partial charge >= 0.3 is 5.97 Å². The second-order valence-electron chi connectivity index (χ2n) is 5.65. The lowest BCUT2D eigenvalue weighted by molar-refractivity contribution is -0.141. The molecule has 1 heterocycles. The Hall–Kier alpha value is -0.840. The molecule has 0 unspecified atom stereocenters. The summed E-state index contributed by atoms with van der Waals surface area (Å²) in [5.74, 6) is 0.988. The van der Waals surface area contributed by atoms with Crippen LogP contribution in [0.15, 0.2) is 11.6 Å². The third-order valence-corrected chi connectivity index (χ3v) is 5.59. The van der Waals surface area contributed by atoms with Gasteiger partial charge in [-0.15, -0.1) is 0 Å². The highest BCUT2D eigenvalue weighted by molar-refractivity contribution is 7.91. The van der Waals surface area contributed by atoms with E-state index in [9.17, 15) is 13.2 Å². The van der Waals surface area contributed by atoms with Crippen LogP contribution in [0.3, 0.4) is 0 Å². The Morgan fingerprint density at radius 3 is 2.11 bits per heavy atom. The van der Waals surface area contributed by atoms with E-state index in [4.69, 9.17) is 4.74 Å². The molecule has 0 amide bonds. The SMILES string of the molecule is O=C(C=C(C1CC1)C1CC1)O[C@H]1CCS(=O)(=O)C1. The second kappa shape index (κ2) is 4.37. The molecule has 1 saturated heterocycles. The molecule has 0 spiro atoms. The standard InChI is InChI=1S/C13H18O4S/c14-13(17-11-5-6-18(15,16)8-11)7-12(9-1-2-9)10-3-4-10/h7,9-11H,1-6,8H2/t11-/m0/s1. The van der Waals surface area contributed by atoms with Crippen LogP contribution in [-0.2, 0) is 19.4 Å². The van der Waals surface area contributed by atoms with E-state index in [0.29, 0.717) is 18.3 Å². The van der Waals surface area contributed by atoms with Crippen LogP contribution in [0, 0.1) is 11.8 Å². The normalized spacial score (nSPS) is 29.9. The van der Waals surface area contributed by atoms with E-state index < -0.39 is 15.9 Å². The van der Waals surface area contributed by atoms with E-state index in [1.54, 1.807) is 6.08 Å². The first kappa shape index (κ1) is 12.2. The maximum absolute atomic E-state index is 11.8. The summed E-state index contributed by atoms with van der Waals surface area (Å²) in [6, 6.07) is 0. The highest BCUT2D eigenvalue weighted by atomic mass is 32.2. The zero-order chi connectivity index (χ0) is 12.8. The molecule has 1 aliphatic heterocycles. The van der Waals surface area contributed by atoms with Gasteiger partial charge in [0.2, 0.25) is 0 Å². The zero-order valence-electron chi connectivity index (χ0n) is 10.3. The third kappa shape index (κ3) is 2.94. The number of hydrogen-bond acceptors (Lipinski definition) is 4. The van der Waals surface area contributed by atoms with Crippen molar-refractivity contribution in [3.05, 3.63) is 11.6 Å². The number of carbonyl (C=O) groups excluding carboxylic acids is 1. The fourth-order valence-corrected chi connectivity index (χ4v) is 4.18. The van der Waals surface area contributed by atoms with Crippen molar-refractivity contribution < 1.29 is 17.9 Å². The molecule has 0 aromatic heterocycles. The van der Waals surface area contributed by atoms with Crippen LogP contribution in [0.2, 0.25) is 0 Å². The maximum Gasteiger partial charge on any atom is 0.331 e.